The molecule has 1 fully saturated rings. The van der Waals surface area contributed by atoms with Crippen LogP contribution in [0.2, 0.25) is 10.0 Å². The molecule has 2 aromatic carbocycles. The number of amides is 1. The quantitative estimate of drug-likeness (QED) is 0.229. The average Bonchev–Trinajstić information content (AvgIpc) is 3.40. The van der Waals surface area contributed by atoms with Crippen LogP contribution < -0.4 is 10.6 Å². The zero-order valence-electron chi connectivity index (χ0n) is 21.9. The summed E-state index contributed by atoms with van der Waals surface area (Å²) in [5.41, 5.74) is 6.63. The Balaban J connectivity index is 1.50. The molecule has 2 N–H and O–H groups in total. The summed E-state index contributed by atoms with van der Waals surface area (Å²) in [6, 6.07) is 21.0. The maximum Gasteiger partial charge on any atom is 0.226 e. The summed E-state index contributed by atoms with van der Waals surface area (Å²) >= 11 is 18.8. The number of nitrogens with zero attached hydrogens (tertiary/aromatic N) is 3. The minimum atomic E-state index is -0.193. The van der Waals surface area contributed by atoms with Gasteiger partial charge in [-0.1, -0.05) is 53.5 Å². The molecular formula is C30H29Cl2N5OS. The third-order valence-electron chi connectivity index (χ3n) is 7.16. The van der Waals surface area contributed by atoms with Crippen LogP contribution in [0.15, 0.2) is 72.9 Å². The van der Waals surface area contributed by atoms with Crippen molar-refractivity contribution in [3.8, 4) is 5.69 Å². The number of aryl methyl sites for hydroxylation is 2. The van der Waals surface area contributed by atoms with Gasteiger partial charge in [0.2, 0.25) is 5.91 Å². The molecule has 39 heavy (non-hydrogen) atoms. The summed E-state index contributed by atoms with van der Waals surface area (Å²) in [4.78, 5) is 19.7. The summed E-state index contributed by atoms with van der Waals surface area (Å²) in [6.45, 7) is 6.54. The third kappa shape index (κ3) is 5.39. The first-order valence-corrected chi connectivity index (χ1v) is 13.9. The first kappa shape index (κ1) is 27.2. The first-order chi connectivity index (χ1) is 18.8. The van der Waals surface area contributed by atoms with Gasteiger partial charge in [0.1, 0.15) is 0 Å². The van der Waals surface area contributed by atoms with Crippen molar-refractivity contribution >= 4 is 52.1 Å². The maximum absolute atomic E-state index is 13.0. The van der Waals surface area contributed by atoms with Gasteiger partial charge in [-0.25, -0.2) is 0 Å². The van der Waals surface area contributed by atoms with Crippen molar-refractivity contribution in [2.24, 2.45) is 0 Å². The molecule has 0 aliphatic carbocycles. The number of rotatable bonds is 7. The second-order valence-corrected chi connectivity index (χ2v) is 10.8. The highest BCUT2D eigenvalue weighted by Gasteiger charge is 2.41. The molecule has 1 saturated heterocycles. The van der Waals surface area contributed by atoms with E-state index in [1.165, 1.54) is 0 Å². The van der Waals surface area contributed by atoms with E-state index in [-0.39, 0.29) is 24.4 Å². The molecule has 6 nitrogen and oxygen atoms in total. The molecule has 5 rings (SSSR count). The smallest absolute Gasteiger partial charge is 0.226 e. The highest BCUT2D eigenvalue weighted by atomic mass is 35.5. The standard InChI is InChI=1S/C30H29Cl2N5OS/c1-18-9-4-5-11-23(18)34-26(38)14-16-36-29(28(35-30(36)39)24-12-6-7-15-33-24)21-17-19(2)37(20(21)3)25-13-8-10-22(31)27(25)32/h4-13,15,17,28-29H,14,16H2,1-3H3,(H,34,38)(H,35,39)/t28-,29-/m0/s1. The topological polar surface area (TPSA) is 62.2 Å². The molecule has 200 valence electrons. The maximum atomic E-state index is 13.0. The molecule has 0 spiro atoms. The van der Waals surface area contributed by atoms with Crippen LogP contribution in [0.3, 0.4) is 0 Å². The fourth-order valence-electron chi connectivity index (χ4n) is 5.26. The van der Waals surface area contributed by atoms with Crippen molar-refractivity contribution in [3.63, 3.8) is 0 Å². The zero-order chi connectivity index (χ0) is 27.7. The Bertz CT molecular complexity index is 1540. The number of hydrogen-bond donors (Lipinski definition) is 2. The summed E-state index contributed by atoms with van der Waals surface area (Å²) in [7, 11) is 0. The van der Waals surface area contributed by atoms with E-state index in [1.54, 1.807) is 12.3 Å². The van der Waals surface area contributed by atoms with Gasteiger partial charge in [-0.15, -0.1) is 0 Å². The van der Waals surface area contributed by atoms with Crippen molar-refractivity contribution in [3.05, 3.63) is 111 Å². The van der Waals surface area contributed by atoms with Gasteiger partial charge in [0.05, 0.1) is 33.5 Å². The Morgan fingerprint density at radius 1 is 1.05 bits per heavy atom. The average molecular weight is 579 g/mol. The molecule has 4 aromatic rings. The molecule has 0 radical (unpaired) electrons. The lowest BCUT2D eigenvalue weighted by Gasteiger charge is -2.28. The van der Waals surface area contributed by atoms with E-state index in [1.807, 2.05) is 68.4 Å². The molecule has 1 aliphatic rings. The van der Waals surface area contributed by atoms with Gasteiger partial charge in [-0.3, -0.25) is 9.78 Å². The Kier molecular flexibility index (Phi) is 7.93. The molecule has 9 heteroatoms. The number of benzene rings is 2. The number of anilines is 1. The highest BCUT2D eigenvalue weighted by Crippen LogP contribution is 2.42. The van der Waals surface area contributed by atoms with Crippen molar-refractivity contribution in [2.45, 2.75) is 39.3 Å². The van der Waals surface area contributed by atoms with Gasteiger partial charge in [-0.05, 0) is 80.5 Å². The minimum Gasteiger partial charge on any atom is -0.352 e. The molecule has 3 heterocycles. The predicted molar refractivity (Wildman–Crippen MR) is 162 cm³/mol. The molecule has 0 bridgehead atoms. The second kappa shape index (κ2) is 11.4. The van der Waals surface area contributed by atoms with Gasteiger partial charge in [-0.2, -0.15) is 0 Å². The van der Waals surface area contributed by atoms with Gasteiger partial charge >= 0.3 is 0 Å². The van der Waals surface area contributed by atoms with Crippen LogP contribution in [0, 0.1) is 20.8 Å². The van der Waals surface area contributed by atoms with Crippen molar-refractivity contribution in [1.29, 1.82) is 0 Å². The van der Waals surface area contributed by atoms with Crippen LogP contribution in [0.5, 0.6) is 0 Å². The SMILES string of the molecule is Cc1ccccc1NC(=O)CCN1C(=S)N[C@@H](c2ccccn2)[C@@H]1c1cc(C)n(-c2cccc(Cl)c2Cl)c1C. The number of carbonyl (C=O) groups is 1. The van der Waals surface area contributed by atoms with Gasteiger partial charge in [0.25, 0.3) is 0 Å². The fourth-order valence-corrected chi connectivity index (χ4v) is 5.97. The van der Waals surface area contributed by atoms with Gasteiger partial charge in [0, 0.05) is 36.2 Å². The normalized spacial score (nSPS) is 16.8. The van der Waals surface area contributed by atoms with Crippen LogP contribution >= 0.6 is 35.4 Å². The number of halogens is 2. The Hall–Kier alpha value is -3.39. The first-order valence-electron chi connectivity index (χ1n) is 12.7. The molecule has 1 amide bonds. The third-order valence-corrected chi connectivity index (χ3v) is 8.32. The largest absolute Gasteiger partial charge is 0.352 e. The number of aromatic nitrogens is 2. The van der Waals surface area contributed by atoms with E-state index in [2.05, 4.69) is 38.1 Å². The van der Waals surface area contributed by atoms with Crippen LogP contribution in [0.4, 0.5) is 5.69 Å². The Morgan fingerprint density at radius 3 is 2.56 bits per heavy atom. The number of para-hydroxylation sites is 1. The van der Waals surface area contributed by atoms with E-state index >= 15 is 0 Å². The van der Waals surface area contributed by atoms with E-state index < -0.39 is 0 Å². The summed E-state index contributed by atoms with van der Waals surface area (Å²) < 4.78 is 2.11. The second-order valence-electron chi connectivity index (χ2n) is 9.67. The molecule has 2 aromatic heterocycles. The highest BCUT2D eigenvalue weighted by molar-refractivity contribution is 7.80. The number of pyridine rings is 1. The van der Waals surface area contributed by atoms with Gasteiger partial charge in [0.15, 0.2) is 5.11 Å². The Morgan fingerprint density at radius 2 is 1.82 bits per heavy atom. The van der Waals surface area contributed by atoms with E-state index in [4.69, 9.17) is 35.4 Å². The van der Waals surface area contributed by atoms with E-state index in [9.17, 15) is 4.79 Å². The summed E-state index contributed by atoms with van der Waals surface area (Å²) in [6.07, 6.45) is 2.06. The zero-order valence-corrected chi connectivity index (χ0v) is 24.2. The lowest BCUT2D eigenvalue weighted by molar-refractivity contribution is -0.116. The van der Waals surface area contributed by atoms with Gasteiger partial charge < -0.3 is 20.1 Å². The van der Waals surface area contributed by atoms with Crippen LogP contribution in [0.1, 0.15) is 46.7 Å². The monoisotopic (exact) mass is 577 g/mol. The van der Waals surface area contributed by atoms with E-state index in [0.29, 0.717) is 21.7 Å². The predicted octanol–water partition coefficient (Wildman–Crippen LogP) is 7.11. The minimum absolute atomic E-state index is 0.0664. The molecule has 1 aliphatic heterocycles. The molecule has 0 unspecified atom stereocenters. The van der Waals surface area contributed by atoms with Crippen LogP contribution in [-0.2, 0) is 4.79 Å². The number of carbonyl (C=O) groups excluding carboxylic acids is 1. The number of thiocarbonyl (C=S) groups is 1. The van der Waals surface area contributed by atoms with E-state index in [0.717, 1.165) is 39.6 Å². The molecular weight excluding hydrogens is 549 g/mol. The number of nitrogens with one attached hydrogen (secondary N) is 2. The lowest BCUT2D eigenvalue weighted by Crippen LogP contribution is -2.33. The molecule has 0 saturated carbocycles. The number of hydrogen-bond acceptors (Lipinski definition) is 3. The molecule has 2 atom stereocenters. The van der Waals surface area contributed by atoms with Crippen molar-refractivity contribution in [1.82, 2.24) is 19.8 Å². The van der Waals surface area contributed by atoms with Crippen LogP contribution in [-0.4, -0.2) is 32.0 Å². The van der Waals surface area contributed by atoms with Crippen LogP contribution in [0.25, 0.3) is 5.69 Å². The fraction of sp³-hybridized carbons (Fsp3) is 0.233. The van der Waals surface area contributed by atoms with Crippen molar-refractivity contribution in [2.75, 3.05) is 11.9 Å². The lowest BCUT2D eigenvalue weighted by atomic mass is 9.96. The Labute approximate surface area is 244 Å². The summed E-state index contributed by atoms with van der Waals surface area (Å²) in [5, 5.41) is 8.09. The summed E-state index contributed by atoms with van der Waals surface area (Å²) in [5.74, 6) is -0.0664. The van der Waals surface area contributed by atoms with Crippen molar-refractivity contribution < 1.29 is 4.79 Å².